The van der Waals surface area contributed by atoms with E-state index in [2.05, 4.69) is 5.32 Å². The summed E-state index contributed by atoms with van der Waals surface area (Å²) in [5, 5.41) is 14.1. The summed E-state index contributed by atoms with van der Waals surface area (Å²) in [4.78, 5) is 10.5. The molecule has 0 bridgehead atoms. The Morgan fingerprint density at radius 3 is 2.70 bits per heavy atom. The second kappa shape index (κ2) is 7.12. The van der Waals surface area contributed by atoms with Crippen LogP contribution in [0.4, 0.5) is 5.69 Å². The lowest BCUT2D eigenvalue weighted by Gasteiger charge is -2.04. The minimum atomic E-state index is -0.361. The van der Waals surface area contributed by atoms with Gasteiger partial charge >= 0.3 is 0 Å². The van der Waals surface area contributed by atoms with Crippen LogP contribution in [0, 0.1) is 10.1 Å². The maximum atomic E-state index is 10.9. The van der Waals surface area contributed by atoms with Crippen LogP contribution in [-0.4, -0.2) is 11.2 Å². The summed E-state index contributed by atoms with van der Waals surface area (Å²) in [6.07, 6.45) is 2.02. The molecule has 0 aliphatic rings. The summed E-state index contributed by atoms with van der Waals surface area (Å²) >= 11 is 1.70. The SMILES string of the molecule is CSCc1ccc(CNCc2ccccc2[N+](=O)[O-])o1. The number of para-hydroxylation sites is 1. The van der Waals surface area contributed by atoms with Crippen LogP contribution in [0.15, 0.2) is 40.8 Å². The second-order valence-corrected chi connectivity index (χ2v) is 5.16. The lowest BCUT2D eigenvalue weighted by molar-refractivity contribution is -0.385. The van der Waals surface area contributed by atoms with Crippen LogP contribution < -0.4 is 5.32 Å². The van der Waals surface area contributed by atoms with E-state index < -0.39 is 0 Å². The number of nitro groups is 1. The second-order valence-electron chi connectivity index (χ2n) is 4.29. The summed E-state index contributed by atoms with van der Waals surface area (Å²) in [6, 6.07) is 10.6. The zero-order valence-electron chi connectivity index (χ0n) is 11.2. The lowest BCUT2D eigenvalue weighted by Crippen LogP contribution is -2.13. The average Bonchev–Trinajstić information content (AvgIpc) is 2.87. The highest BCUT2D eigenvalue weighted by Crippen LogP contribution is 2.18. The lowest BCUT2D eigenvalue weighted by atomic mass is 10.2. The van der Waals surface area contributed by atoms with Crippen molar-refractivity contribution in [3.8, 4) is 0 Å². The predicted molar refractivity (Wildman–Crippen MR) is 79.6 cm³/mol. The summed E-state index contributed by atoms with van der Waals surface area (Å²) in [5.41, 5.74) is 0.816. The fourth-order valence-corrected chi connectivity index (χ4v) is 2.34. The molecule has 0 radical (unpaired) electrons. The molecule has 0 atom stereocenters. The van der Waals surface area contributed by atoms with Crippen LogP contribution in [0.5, 0.6) is 0 Å². The van der Waals surface area contributed by atoms with Gasteiger partial charge in [-0.2, -0.15) is 11.8 Å². The standard InChI is InChI=1S/C14H16N2O3S/c1-20-10-13-7-6-12(19-13)9-15-8-11-4-2-3-5-14(11)16(17)18/h2-7,15H,8-10H2,1H3. The fraction of sp³-hybridized carbons (Fsp3) is 0.286. The molecule has 1 aromatic carbocycles. The molecule has 0 saturated heterocycles. The molecule has 1 N–H and O–H groups in total. The Kier molecular flexibility index (Phi) is 5.20. The molecular formula is C14H16N2O3S. The van der Waals surface area contributed by atoms with Crippen molar-refractivity contribution in [1.82, 2.24) is 5.32 Å². The molecule has 0 saturated carbocycles. The Morgan fingerprint density at radius 2 is 1.95 bits per heavy atom. The average molecular weight is 292 g/mol. The van der Waals surface area contributed by atoms with Crippen molar-refractivity contribution in [3.63, 3.8) is 0 Å². The molecule has 1 aromatic heterocycles. The third kappa shape index (κ3) is 3.85. The normalized spacial score (nSPS) is 10.7. The summed E-state index contributed by atoms with van der Waals surface area (Å²) in [6.45, 7) is 0.996. The Bertz CT molecular complexity index is 583. The van der Waals surface area contributed by atoms with Gasteiger partial charge in [-0.05, 0) is 18.4 Å². The van der Waals surface area contributed by atoms with Crippen LogP contribution >= 0.6 is 11.8 Å². The van der Waals surface area contributed by atoms with Gasteiger partial charge in [-0.25, -0.2) is 0 Å². The van der Waals surface area contributed by atoms with E-state index >= 15 is 0 Å². The van der Waals surface area contributed by atoms with Gasteiger partial charge in [0.15, 0.2) is 0 Å². The predicted octanol–water partition coefficient (Wildman–Crippen LogP) is 3.34. The smallest absolute Gasteiger partial charge is 0.273 e. The van der Waals surface area contributed by atoms with E-state index in [-0.39, 0.29) is 10.6 Å². The maximum absolute atomic E-state index is 10.9. The fourth-order valence-electron chi connectivity index (χ4n) is 1.90. The molecule has 5 nitrogen and oxygen atoms in total. The summed E-state index contributed by atoms with van der Waals surface area (Å²) in [5.74, 6) is 2.64. The van der Waals surface area contributed by atoms with E-state index in [0.717, 1.165) is 17.3 Å². The highest BCUT2D eigenvalue weighted by molar-refractivity contribution is 7.97. The van der Waals surface area contributed by atoms with Crippen molar-refractivity contribution in [2.24, 2.45) is 0 Å². The minimum Gasteiger partial charge on any atom is -0.464 e. The van der Waals surface area contributed by atoms with Crippen molar-refractivity contribution in [1.29, 1.82) is 0 Å². The van der Waals surface area contributed by atoms with Gasteiger partial charge < -0.3 is 9.73 Å². The van der Waals surface area contributed by atoms with E-state index in [0.29, 0.717) is 18.7 Å². The van der Waals surface area contributed by atoms with Crippen molar-refractivity contribution in [2.75, 3.05) is 6.26 Å². The summed E-state index contributed by atoms with van der Waals surface area (Å²) in [7, 11) is 0. The van der Waals surface area contributed by atoms with E-state index in [1.54, 1.807) is 30.0 Å². The third-order valence-electron chi connectivity index (χ3n) is 2.81. The molecule has 106 valence electrons. The van der Waals surface area contributed by atoms with Crippen LogP contribution in [-0.2, 0) is 18.8 Å². The molecule has 0 spiro atoms. The summed E-state index contributed by atoms with van der Waals surface area (Å²) < 4.78 is 5.62. The Labute approximate surface area is 121 Å². The third-order valence-corrected chi connectivity index (χ3v) is 3.38. The zero-order chi connectivity index (χ0) is 14.4. The van der Waals surface area contributed by atoms with Gasteiger partial charge in [-0.15, -0.1) is 0 Å². The number of furan rings is 1. The minimum absolute atomic E-state index is 0.141. The first kappa shape index (κ1) is 14.6. The Balaban J connectivity index is 1.91. The molecule has 20 heavy (non-hydrogen) atoms. The van der Waals surface area contributed by atoms with Crippen molar-refractivity contribution >= 4 is 17.4 Å². The molecule has 2 aromatic rings. The molecule has 0 amide bonds. The highest BCUT2D eigenvalue weighted by atomic mass is 32.2. The number of nitrogens with zero attached hydrogens (tertiary/aromatic N) is 1. The number of benzene rings is 1. The van der Waals surface area contributed by atoms with E-state index in [1.165, 1.54) is 6.07 Å². The van der Waals surface area contributed by atoms with Crippen LogP contribution in [0.3, 0.4) is 0 Å². The van der Waals surface area contributed by atoms with E-state index in [1.807, 2.05) is 18.4 Å². The number of nitrogens with one attached hydrogen (secondary N) is 1. The van der Waals surface area contributed by atoms with Crippen molar-refractivity contribution in [2.45, 2.75) is 18.8 Å². The van der Waals surface area contributed by atoms with Gasteiger partial charge in [-0.3, -0.25) is 10.1 Å². The van der Waals surface area contributed by atoms with Gasteiger partial charge in [0.2, 0.25) is 0 Å². The first-order valence-electron chi connectivity index (χ1n) is 6.20. The van der Waals surface area contributed by atoms with Gasteiger partial charge in [0.25, 0.3) is 5.69 Å². The maximum Gasteiger partial charge on any atom is 0.273 e. The number of nitro benzene ring substituents is 1. The zero-order valence-corrected chi connectivity index (χ0v) is 12.0. The molecule has 2 rings (SSSR count). The molecule has 0 unspecified atom stereocenters. The van der Waals surface area contributed by atoms with Crippen LogP contribution in [0.2, 0.25) is 0 Å². The largest absolute Gasteiger partial charge is 0.464 e. The quantitative estimate of drug-likeness (QED) is 0.626. The number of hydrogen-bond donors (Lipinski definition) is 1. The molecular weight excluding hydrogens is 276 g/mol. The molecule has 1 heterocycles. The van der Waals surface area contributed by atoms with Crippen molar-refractivity contribution < 1.29 is 9.34 Å². The van der Waals surface area contributed by atoms with E-state index in [9.17, 15) is 10.1 Å². The number of rotatable bonds is 7. The molecule has 0 aliphatic carbocycles. The monoisotopic (exact) mass is 292 g/mol. The first-order valence-corrected chi connectivity index (χ1v) is 7.59. The van der Waals surface area contributed by atoms with E-state index in [4.69, 9.17) is 4.42 Å². The Morgan fingerprint density at radius 1 is 1.20 bits per heavy atom. The van der Waals surface area contributed by atoms with Crippen molar-refractivity contribution in [3.05, 3.63) is 63.6 Å². The van der Waals surface area contributed by atoms with Gasteiger partial charge in [0, 0.05) is 18.2 Å². The highest BCUT2D eigenvalue weighted by Gasteiger charge is 2.11. The molecule has 0 aliphatic heterocycles. The van der Waals surface area contributed by atoms with Crippen LogP contribution in [0.25, 0.3) is 0 Å². The Hall–Kier alpha value is -1.79. The number of thioether (sulfide) groups is 1. The van der Waals surface area contributed by atoms with Gasteiger partial charge in [0.05, 0.1) is 17.2 Å². The first-order chi connectivity index (χ1) is 9.70. The molecule has 0 fully saturated rings. The van der Waals surface area contributed by atoms with Crippen LogP contribution in [0.1, 0.15) is 17.1 Å². The van der Waals surface area contributed by atoms with Gasteiger partial charge in [-0.1, -0.05) is 18.2 Å². The number of hydrogen-bond acceptors (Lipinski definition) is 5. The topological polar surface area (TPSA) is 68.3 Å². The molecule has 6 heteroatoms. The van der Waals surface area contributed by atoms with Gasteiger partial charge in [0.1, 0.15) is 11.5 Å².